The van der Waals surface area contributed by atoms with Gasteiger partial charge in [-0.1, -0.05) is 65.7 Å². The monoisotopic (exact) mass is 242 g/mol. The predicted molar refractivity (Wildman–Crippen MR) is 73.0 cm³/mol. The zero-order chi connectivity index (χ0) is 13.1. The molecule has 0 saturated heterocycles. The molecule has 0 amide bonds. The summed E-state index contributed by atoms with van der Waals surface area (Å²) in [5.41, 5.74) is 0. The van der Waals surface area contributed by atoms with Crippen molar-refractivity contribution in [3.8, 4) is 0 Å². The van der Waals surface area contributed by atoms with Gasteiger partial charge in [0.25, 0.3) is 0 Å². The topological polar surface area (TPSA) is 26.3 Å². The van der Waals surface area contributed by atoms with Crippen LogP contribution in [0.2, 0.25) is 0 Å². The zero-order valence-electron chi connectivity index (χ0n) is 12.1. The number of unbranched alkanes of at least 4 members (excludes halogenated alkanes) is 3. The summed E-state index contributed by atoms with van der Waals surface area (Å²) in [6.45, 7) is 6.53. The summed E-state index contributed by atoms with van der Waals surface area (Å²) in [7, 11) is 1.47. The standard InChI is InChI=1S/C15H30O2/c1-5-6-7-8-10-13(2)11-9-12-14(3)15(16)17-4/h13-14H,5-12H2,1-4H3. The first-order chi connectivity index (χ1) is 8.11. The number of carbonyl (C=O) groups excluding carboxylic acids is 1. The third-order valence-electron chi connectivity index (χ3n) is 3.49. The molecule has 0 N–H and O–H groups in total. The fourth-order valence-electron chi connectivity index (χ4n) is 2.16. The number of hydrogen-bond donors (Lipinski definition) is 0. The molecule has 2 heteroatoms. The van der Waals surface area contributed by atoms with E-state index in [1.54, 1.807) is 0 Å². The Morgan fingerprint density at radius 2 is 1.65 bits per heavy atom. The number of esters is 1. The Labute approximate surface area is 107 Å². The Morgan fingerprint density at radius 3 is 2.24 bits per heavy atom. The lowest BCUT2D eigenvalue weighted by Gasteiger charge is -2.13. The number of carbonyl (C=O) groups is 1. The maximum Gasteiger partial charge on any atom is 0.308 e. The summed E-state index contributed by atoms with van der Waals surface area (Å²) < 4.78 is 4.72. The van der Waals surface area contributed by atoms with Crippen molar-refractivity contribution < 1.29 is 9.53 Å². The molecule has 0 spiro atoms. The molecule has 0 fully saturated rings. The van der Waals surface area contributed by atoms with Gasteiger partial charge < -0.3 is 4.74 Å². The van der Waals surface area contributed by atoms with Crippen LogP contribution < -0.4 is 0 Å². The van der Waals surface area contributed by atoms with E-state index in [0.717, 1.165) is 18.8 Å². The molecule has 0 aromatic carbocycles. The van der Waals surface area contributed by atoms with Gasteiger partial charge in [0.05, 0.1) is 13.0 Å². The highest BCUT2D eigenvalue weighted by Crippen LogP contribution is 2.18. The van der Waals surface area contributed by atoms with E-state index in [2.05, 4.69) is 13.8 Å². The highest BCUT2D eigenvalue weighted by atomic mass is 16.5. The Bertz CT molecular complexity index is 189. The highest BCUT2D eigenvalue weighted by Gasteiger charge is 2.12. The molecule has 2 nitrogen and oxygen atoms in total. The molecule has 0 aliphatic rings. The van der Waals surface area contributed by atoms with Crippen molar-refractivity contribution in [3.63, 3.8) is 0 Å². The summed E-state index contributed by atoms with van der Waals surface area (Å²) in [4.78, 5) is 11.2. The van der Waals surface area contributed by atoms with E-state index < -0.39 is 0 Å². The van der Waals surface area contributed by atoms with Crippen molar-refractivity contribution >= 4 is 5.97 Å². The summed E-state index contributed by atoms with van der Waals surface area (Å²) in [5, 5.41) is 0. The van der Waals surface area contributed by atoms with Crippen molar-refractivity contribution in [1.29, 1.82) is 0 Å². The molecule has 0 aliphatic heterocycles. The van der Waals surface area contributed by atoms with Gasteiger partial charge in [-0.25, -0.2) is 0 Å². The van der Waals surface area contributed by atoms with Gasteiger partial charge in [0.2, 0.25) is 0 Å². The summed E-state index contributed by atoms with van der Waals surface area (Å²) >= 11 is 0. The molecule has 2 atom stereocenters. The predicted octanol–water partition coefficient (Wildman–Crippen LogP) is 4.57. The van der Waals surface area contributed by atoms with Crippen LogP contribution in [0.15, 0.2) is 0 Å². The molecular weight excluding hydrogens is 212 g/mol. The molecule has 0 saturated carbocycles. The van der Waals surface area contributed by atoms with E-state index in [4.69, 9.17) is 4.74 Å². The molecule has 0 aromatic heterocycles. The molecule has 0 aliphatic carbocycles. The van der Waals surface area contributed by atoms with Crippen molar-refractivity contribution in [1.82, 2.24) is 0 Å². The average Bonchev–Trinajstić information content (AvgIpc) is 2.33. The second-order valence-corrected chi connectivity index (χ2v) is 5.31. The van der Waals surface area contributed by atoms with E-state index in [1.807, 2.05) is 6.92 Å². The van der Waals surface area contributed by atoms with Gasteiger partial charge in [0.15, 0.2) is 0 Å². The molecule has 0 radical (unpaired) electrons. The fourth-order valence-corrected chi connectivity index (χ4v) is 2.16. The lowest BCUT2D eigenvalue weighted by atomic mass is 9.94. The van der Waals surface area contributed by atoms with E-state index in [1.165, 1.54) is 45.6 Å². The lowest BCUT2D eigenvalue weighted by Crippen LogP contribution is -2.12. The Hall–Kier alpha value is -0.530. The third-order valence-corrected chi connectivity index (χ3v) is 3.49. The van der Waals surface area contributed by atoms with Gasteiger partial charge in [-0.15, -0.1) is 0 Å². The van der Waals surface area contributed by atoms with Gasteiger partial charge >= 0.3 is 5.97 Å². The van der Waals surface area contributed by atoms with E-state index in [-0.39, 0.29) is 11.9 Å². The van der Waals surface area contributed by atoms with Gasteiger partial charge in [-0.3, -0.25) is 4.79 Å². The molecular formula is C15H30O2. The second-order valence-electron chi connectivity index (χ2n) is 5.31. The van der Waals surface area contributed by atoms with Gasteiger partial charge in [0.1, 0.15) is 0 Å². The smallest absolute Gasteiger partial charge is 0.308 e. The van der Waals surface area contributed by atoms with Crippen molar-refractivity contribution in [3.05, 3.63) is 0 Å². The van der Waals surface area contributed by atoms with Crippen molar-refractivity contribution in [2.24, 2.45) is 11.8 Å². The molecule has 2 unspecified atom stereocenters. The first-order valence-electron chi connectivity index (χ1n) is 7.19. The first-order valence-corrected chi connectivity index (χ1v) is 7.19. The van der Waals surface area contributed by atoms with Crippen LogP contribution in [0.1, 0.15) is 72.1 Å². The molecule has 0 heterocycles. The van der Waals surface area contributed by atoms with Gasteiger partial charge in [-0.2, -0.15) is 0 Å². The molecule has 102 valence electrons. The van der Waals surface area contributed by atoms with Crippen LogP contribution >= 0.6 is 0 Å². The van der Waals surface area contributed by atoms with E-state index >= 15 is 0 Å². The van der Waals surface area contributed by atoms with Crippen LogP contribution in [0.4, 0.5) is 0 Å². The molecule has 17 heavy (non-hydrogen) atoms. The number of hydrogen-bond acceptors (Lipinski definition) is 2. The van der Waals surface area contributed by atoms with Crippen LogP contribution in [0.25, 0.3) is 0 Å². The maximum atomic E-state index is 11.2. The zero-order valence-corrected chi connectivity index (χ0v) is 12.1. The largest absolute Gasteiger partial charge is 0.469 e. The maximum absolute atomic E-state index is 11.2. The molecule has 0 bridgehead atoms. The quantitative estimate of drug-likeness (QED) is 0.414. The summed E-state index contributed by atoms with van der Waals surface area (Å²) in [6.07, 6.45) is 10.1. The molecule has 0 rings (SSSR count). The number of methoxy groups -OCH3 is 1. The van der Waals surface area contributed by atoms with Crippen LogP contribution in [0.5, 0.6) is 0 Å². The fraction of sp³-hybridized carbons (Fsp3) is 0.933. The second kappa shape index (κ2) is 10.6. The van der Waals surface area contributed by atoms with Crippen LogP contribution in [-0.2, 0) is 9.53 Å². The van der Waals surface area contributed by atoms with E-state index in [0.29, 0.717) is 0 Å². The highest BCUT2D eigenvalue weighted by molar-refractivity contribution is 5.71. The van der Waals surface area contributed by atoms with Crippen LogP contribution in [0.3, 0.4) is 0 Å². The van der Waals surface area contributed by atoms with E-state index in [9.17, 15) is 4.79 Å². The van der Waals surface area contributed by atoms with Crippen LogP contribution in [0, 0.1) is 11.8 Å². The SMILES string of the molecule is CCCCCCC(C)CCCC(C)C(=O)OC. The minimum atomic E-state index is -0.0689. The number of rotatable bonds is 10. The average molecular weight is 242 g/mol. The third kappa shape index (κ3) is 9.20. The molecule has 0 aromatic rings. The van der Waals surface area contributed by atoms with Gasteiger partial charge in [-0.05, 0) is 12.3 Å². The minimum Gasteiger partial charge on any atom is -0.469 e. The Morgan fingerprint density at radius 1 is 1.00 bits per heavy atom. The Kier molecular flexibility index (Phi) is 10.3. The van der Waals surface area contributed by atoms with Crippen LogP contribution in [-0.4, -0.2) is 13.1 Å². The number of ether oxygens (including phenoxy) is 1. The first kappa shape index (κ1) is 16.5. The van der Waals surface area contributed by atoms with Gasteiger partial charge in [0, 0.05) is 0 Å². The Balaban J connectivity index is 3.44. The summed E-state index contributed by atoms with van der Waals surface area (Å²) in [5.74, 6) is 0.796. The minimum absolute atomic E-state index is 0.0623. The summed E-state index contributed by atoms with van der Waals surface area (Å²) in [6, 6.07) is 0. The van der Waals surface area contributed by atoms with Crippen molar-refractivity contribution in [2.75, 3.05) is 7.11 Å². The lowest BCUT2D eigenvalue weighted by molar-refractivity contribution is -0.145. The normalized spacial score (nSPS) is 14.4. The van der Waals surface area contributed by atoms with Crippen molar-refractivity contribution in [2.45, 2.75) is 72.1 Å².